The predicted octanol–water partition coefficient (Wildman–Crippen LogP) is 0.00620. The smallest absolute Gasteiger partial charge is 0.194 e. The maximum atomic E-state index is 5.33. The van der Waals surface area contributed by atoms with Gasteiger partial charge in [-0.3, -0.25) is 4.99 Å². The van der Waals surface area contributed by atoms with Crippen LogP contribution in [0.15, 0.2) is 17.8 Å². The Morgan fingerprint density at radius 2 is 2.38 bits per heavy atom. The molecular formula is C5H11N3. The molecule has 0 aliphatic carbocycles. The minimum absolute atomic E-state index is 0.472. The third-order valence-electron chi connectivity index (χ3n) is 0.864. The Hall–Kier alpha value is -0.990. The summed E-state index contributed by atoms with van der Waals surface area (Å²) < 4.78 is 0. The van der Waals surface area contributed by atoms with E-state index in [1.54, 1.807) is 25.2 Å². The quantitative estimate of drug-likeness (QED) is 0.384. The first-order chi connectivity index (χ1) is 3.72. The lowest BCUT2D eigenvalue weighted by molar-refractivity contribution is 0.679. The first kappa shape index (κ1) is 7.01. The molecule has 0 amide bonds. The van der Waals surface area contributed by atoms with E-state index < -0.39 is 0 Å². The number of rotatable bonds is 1. The van der Waals surface area contributed by atoms with Gasteiger partial charge in [-0.05, 0) is 6.20 Å². The zero-order chi connectivity index (χ0) is 6.57. The van der Waals surface area contributed by atoms with Gasteiger partial charge < -0.3 is 10.6 Å². The molecule has 0 bridgehead atoms. The topological polar surface area (TPSA) is 41.6 Å². The highest BCUT2D eigenvalue weighted by molar-refractivity contribution is 5.78. The van der Waals surface area contributed by atoms with Crippen LogP contribution in [0.5, 0.6) is 0 Å². The average molecular weight is 113 g/mol. The number of aliphatic imine (C=N–C) groups is 1. The third kappa shape index (κ3) is 1.64. The van der Waals surface area contributed by atoms with E-state index in [1.807, 2.05) is 0 Å². The molecule has 3 nitrogen and oxygen atoms in total. The molecule has 0 aliphatic rings. The van der Waals surface area contributed by atoms with Crippen molar-refractivity contribution in [2.75, 3.05) is 14.1 Å². The van der Waals surface area contributed by atoms with E-state index in [0.29, 0.717) is 5.96 Å². The van der Waals surface area contributed by atoms with E-state index in [1.165, 1.54) is 0 Å². The van der Waals surface area contributed by atoms with E-state index in [2.05, 4.69) is 11.6 Å². The molecule has 3 heteroatoms. The Morgan fingerprint density at radius 1 is 1.88 bits per heavy atom. The molecule has 0 saturated carbocycles. The number of hydrogen-bond acceptors (Lipinski definition) is 1. The van der Waals surface area contributed by atoms with Crippen LogP contribution in [0.1, 0.15) is 0 Å². The van der Waals surface area contributed by atoms with E-state index in [0.717, 1.165) is 0 Å². The summed E-state index contributed by atoms with van der Waals surface area (Å²) >= 11 is 0. The minimum Gasteiger partial charge on any atom is -0.370 e. The van der Waals surface area contributed by atoms with Gasteiger partial charge in [0.1, 0.15) is 0 Å². The summed E-state index contributed by atoms with van der Waals surface area (Å²) in [6.07, 6.45) is 1.60. The highest BCUT2D eigenvalue weighted by Crippen LogP contribution is 1.77. The number of hydrogen-bond donors (Lipinski definition) is 1. The molecule has 0 heterocycles. The highest BCUT2D eigenvalue weighted by atomic mass is 15.2. The molecular weight excluding hydrogens is 102 g/mol. The fraction of sp³-hybridized carbons (Fsp3) is 0.400. The number of nitrogens with two attached hydrogens (primary N) is 1. The molecule has 0 aromatic heterocycles. The average Bonchev–Trinajstić information content (AvgIpc) is 1.84. The van der Waals surface area contributed by atoms with Crippen molar-refractivity contribution in [2.45, 2.75) is 0 Å². The fourth-order valence-corrected chi connectivity index (χ4v) is 0.251. The molecule has 0 saturated heterocycles. The lowest BCUT2D eigenvalue weighted by atomic mass is 10.7. The van der Waals surface area contributed by atoms with Crippen molar-refractivity contribution >= 4 is 5.96 Å². The molecule has 0 spiro atoms. The fourth-order valence-electron chi connectivity index (χ4n) is 0.251. The molecule has 0 radical (unpaired) electrons. The summed E-state index contributed by atoms with van der Waals surface area (Å²) in [7, 11) is 3.42. The van der Waals surface area contributed by atoms with Crippen LogP contribution < -0.4 is 5.73 Å². The summed E-state index contributed by atoms with van der Waals surface area (Å²) in [5.41, 5.74) is 5.33. The molecule has 0 atom stereocenters. The van der Waals surface area contributed by atoms with Crippen molar-refractivity contribution in [3.63, 3.8) is 0 Å². The first-order valence-corrected chi connectivity index (χ1v) is 2.30. The predicted molar refractivity (Wildman–Crippen MR) is 35.5 cm³/mol. The van der Waals surface area contributed by atoms with E-state index in [4.69, 9.17) is 5.73 Å². The maximum absolute atomic E-state index is 5.33. The van der Waals surface area contributed by atoms with Crippen LogP contribution in [-0.4, -0.2) is 25.0 Å². The van der Waals surface area contributed by atoms with Gasteiger partial charge in [0.2, 0.25) is 0 Å². The van der Waals surface area contributed by atoms with Crippen molar-refractivity contribution in [1.82, 2.24) is 4.90 Å². The lowest BCUT2D eigenvalue weighted by Gasteiger charge is -2.09. The molecule has 0 rings (SSSR count). The van der Waals surface area contributed by atoms with Crippen molar-refractivity contribution < 1.29 is 0 Å². The van der Waals surface area contributed by atoms with Gasteiger partial charge >= 0.3 is 0 Å². The summed E-state index contributed by atoms with van der Waals surface area (Å²) in [6.45, 7) is 3.49. The Balaban J connectivity index is 3.81. The van der Waals surface area contributed by atoms with Gasteiger partial charge in [-0.2, -0.15) is 0 Å². The van der Waals surface area contributed by atoms with Gasteiger partial charge in [0.25, 0.3) is 0 Å². The van der Waals surface area contributed by atoms with Crippen molar-refractivity contribution in [3.8, 4) is 0 Å². The monoisotopic (exact) mass is 113 g/mol. The van der Waals surface area contributed by atoms with Crippen LogP contribution in [0.4, 0.5) is 0 Å². The van der Waals surface area contributed by atoms with Gasteiger partial charge in [-0.1, -0.05) is 6.58 Å². The Morgan fingerprint density at radius 3 is 2.50 bits per heavy atom. The molecule has 0 unspecified atom stereocenters. The largest absolute Gasteiger partial charge is 0.370 e. The second-order valence-electron chi connectivity index (χ2n) is 1.38. The standard InChI is InChI=1S/C5H11N3/c1-4-8(3)5(6)7-2/h4H,1H2,2-3H3,(H2,6,7). The van der Waals surface area contributed by atoms with Crippen LogP contribution >= 0.6 is 0 Å². The van der Waals surface area contributed by atoms with Gasteiger partial charge in [0.05, 0.1) is 0 Å². The maximum Gasteiger partial charge on any atom is 0.194 e. The van der Waals surface area contributed by atoms with Gasteiger partial charge in [0.15, 0.2) is 5.96 Å². The lowest BCUT2D eigenvalue weighted by Crippen LogP contribution is -2.28. The second-order valence-corrected chi connectivity index (χ2v) is 1.38. The van der Waals surface area contributed by atoms with Crippen LogP contribution in [-0.2, 0) is 0 Å². The van der Waals surface area contributed by atoms with Crippen LogP contribution in [0.2, 0.25) is 0 Å². The SMILES string of the molecule is C=CN(C)C(N)=NC. The van der Waals surface area contributed by atoms with E-state index in [9.17, 15) is 0 Å². The molecule has 8 heavy (non-hydrogen) atoms. The summed E-state index contributed by atoms with van der Waals surface area (Å²) in [5.74, 6) is 0.472. The van der Waals surface area contributed by atoms with Crippen LogP contribution in [0.25, 0.3) is 0 Å². The molecule has 0 aromatic carbocycles. The Kier molecular flexibility index (Phi) is 2.69. The molecule has 46 valence electrons. The van der Waals surface area contributed by atoms with E-state index >= 15 is 0 Å². The van der Waals surface area contributed by atoms with Crippen LogP contribution in [0, 0.1) is 0 Å². The zero-order valence-corrected chi connectivity index (χ0v) is 5.26. The van der Waals surface area contributed by atoms with Crippen LogP contribution in [0.3, 0.4) is 0 Å². The van der Waals surface area contributed by atoms with Crippen molar-refractivity contribution in [3.05, 3.63) is 12.8 Å². The molecule has 0 fully saturated rings. The normalized spacial score (nSPS) is 11.0. The number of guanidine groups is 1. The second kappa shape index (κ2) is 3.07. The Bertz CT molecular complexity index is 106. The number of nitrogens with zero attached hydrogens (tertiary/aromatic N) is 2. The highest BCUT2D eigenvalue weighted by Gasteiger charge is 1.89. The Labute approximate surface area is 49.5 Å². The molecule has 0 aromatic rings. The van der Waals surface area contributed by atoms with Gasteiger partial charge in [-0.25, -0.2) is 0 Å². The van der Waals surface area contributed by atoms with Crippen molar-refractivity contribution in [1.29, 1.82) is 0 Å². The summed E-state index contributed by atoms with van der Waals surface area (Å²) in [6, 6.07) is 0. The third-order valence-corrected chi connectivity index (χ3v) is 0.864. The van der Waals surface area contributed by atoms with Gasteiger partial charge in [0, 0.05) is 14.1 Å². The molecule has 0 aliphatic heterocycles. The zero-order valence-electron chi connectivity index (χ0n) is 5.26. The molecule has 2 N–H and O–H groups in total. The summed E-state index contributed by atoms with van der Waals surface area (Å²) in [5, 5.41) is 0. The van der Waals surface area contributed by atoms with Crippen molar-refractivity contribution in [2.24, 2.45) is 10.7 Å². The summed E-state index contributed by atoms with van der Waals surface area (Å²) in [4.78, 5) is 5.35. The van der Waals surface area contributed by atoms with E-state index in [-0.39, 0.29) is 0 Å². The minimum atomic E-state index is 0.472. The first-order valence-electron chi connectivity index (χ1n) is 2.30. The van der Waals surface area contributed by atoms with Gasteiger partial charge in [-0.15, -0.1) is 0 Å².